The predicted molar refractivity (Wildman–Crippen MR) is 101 cm³/mol. The summed E-state index contributed by atoms with van der Waals surface area (Å²) in [6.45, 7) is 2.20. The molecule has 0 bridgehead atoms. The summed E-state index contributed by atoms with van der Waals surface area (Å²) >= 11 is 5.87. The zero-order valence-electron chi connectivity index (χ0n) is 14.4. The number of hydrogen-bond donors (Lipinski definition) is 1. The fourth-order valence-corrected chi connectivity index (χ4v) is 4.67. The second-order valence-electron chi connectivity index (χ2n) is 6.76. The summed E-state index contributed by atoms with van der Waals surface area (Å²) in [5, 5.41) is 9.62. The van der Waals surface area contributed by atoms with Gasteiger partial charge in [-0.3, -0.25) is 4.98 Å². The van der Waals surface area contributed by atoms with E-state index in [1.165, 1.54) is 6.20 Å². The van der Waals surface area contributed by atoms with E-state index in [0.29, 0.717) is 27.8 Å². The highest BCUT2D eigenvalue weighted by Crippen LogP contribution is 2.27. The van der Waals surface area contributed by atoms with Crippen molar-refractivity contribution in [3.8, 4) is 17.3 Å². The molecule has 0 aliphatic heterocycles. The van der Waals surface area contributed by atoms with Gasteiger partial charge in [0, 0.05) is 17.8 Å². The average Bonchev–Trinajstić information content (AvgIpc) is 2.63. The lowest BCUT2D eigenvalue weighted by molar-refractivity contribution is 0.332. The van der Waals surface area contributed by atoms with Crippen LogP contribution in [0.4, 0.5) is 0 Å². The molecule has 0 saturated heterocycles. The quantitative estimate of drug-likeness (QED) is 0.852. The third-order valence-corrected chi connectivity index (χ3v) is 6.49. The van der Waals surface area contributed by atoms with Gasteiger partial charge in [-0.2, -0.15) is 5.26 Å². The van der Waals surface area contributed by atoms with Crippen molar-refractivity contribution >= 4 is 21.6 Å². The van der Waals surface area contributed by atoms with Crippen molar-refractivity contribution in [1.82, 2.24) is 9.71 Å². The minimum Gasteiger partial charge on any atom is -0.253 e. The van der Waals surface area contributed by atoms with Crippen molar-refractivity contribution in [2.75, 3.05) is 0 Å². The molecular weight excluding hydrogens is 370 g/mol. The number of hydrogen-bond acceptors (Lipinski definition) is 4. The van der Waals surface area contributed by atoms with Crippen LogP contribution in [0.2, 0.25) is 5.02 Å². The molecule has 0 radical (unpaired) electrons. The average molecular weight is 390 g/mol. The minimum absolute atomic E-state index is 0.000926. The monoisotopic (exact) mass is 389 g/mol. The fourth-order valence-electron chi connectivity index (χ4n) is 3.21. The molecule has 1 aliphatic carbocycles. The van der Waals surface area contributed by atoms with Crippen LogP contribution in [-0.2, 0) is 10.0 Å². The van der Waals surface area contributed by atoms with Crippen LogP contribution in [-0.4, -0.2) is 19.4 Å². The second kappa shape index (κ2) is 7.75. The molecule has 26 heavy (non-hydrogen) atoms. The molecule has 1 saturated carbocycles. The van der Waals surface area contributed by atoms with Crippen molar-refractivity contribution in [2.45, 2.75) is 43.5 Å². The number of rotatable bonds is 4. The fraction of sp³-hybridized carbons (Fsp3) is 0.368. The van der Waals surface area contributed by atoms with Crippen molar-refractivity contribution in [2.24, 2.45) is 5.92 Å². The molecule has 2 aromatic rings. The molecule has 1 fully saturated rings. The number of sulfonamides is 1. The van der Waals surface area contributed by atoms with Crippen LogP contribution in [0.1, 0.15) is 38.2 Å². The van der Waals surface area contributed by atoms with E-state index in [9.17, 15) is 13.7 Å². The molecule has 1 aromatic heterocycles. The van der Waals surface area contributed by atoms with E-state index in [4.69, 9.17) is 11.6 Å². The molecular formula is C19H20ClN3O2S. The molecule has 7 heteroatoms. The van der Waals surface area contributed by atoms with E-state index in [1.54, 1.807) is 30.3 Å². The maximum Gasteiger partial charge on any atom is 0.240 e. The van der Waals surface area contributed by atoms with Gasteiger partial charge < -0.3 is 0 Å². The zero-order chi connectivity index (χ0) is 18.7. The van der Waals surface area contributed by atoms with Crippen LogP contribution in [0.25, 0.3) is 11.3 Å². The number of pyridine rings is 1. The van der Waals surface area contributed by atoms with Crippen LogP contribution in [0.15, 0.2) is 41.4 Å². The number of nitriles is 1. The van der Waals surface area contributed by atoms with E-state index in [1.807, 2.05) is 0 Å². The highest BCUT2D eigenvalue weighted by molar-refractivity contribution is 7.89. The van der Waals surface area contributed by atoms with Gasteiger partial charge in [-0.15, -0.1) is 0 Å². The van der Waals surface area contributed by atoms with Crippen LogP contribution < -0.4 is 4.72 Å². The van der Waals surface area contributed by atoms with Gasteiger partial charge in [0.25, 0.3) is 0 Å². The number of nitrogens with one attached hydrogen (secondary N) is 1. The summed E-state index contributed by atoms with van der Waals surface area (Å²) in [5.74, 6) is 0.663. The van der Waals surface area contributed by atoms with Gasteiger partial charge in [0.1, 0.15) is 6.07 Å². The molecule has 1 aliphatic rings. The molecule has 0 unspecified atom stereocenters. The summed E-state index contributed by atoms with van der Waals surface area (Å²) in [6.07, 6.45) is 5.31. The van der Waals surface area contributed by atoms with Crippen LogP contribution in [0, 0.1) is 17.2 Å². The Bertz CT molecular complexity index is 928. The Kier molecular flexibility index (Phi) is 5.61. The standard InChI is InChI=1S/C19H20ClN3O2S/c1-13-2-6-17(7-3-13)23-26(24,25)18-8-4-14(5-9-18)19-15(11-21)10-16(20)12-22-19/h4-5,8-10,12-13,17,23H,2-3,6-7H2,1H3. The van der Waals surface area contributed by atoms with Crippen molar-refractivity contribution in [3.05, 3.63) is 47.1 Å². The molecule has 136 valence electrons. The first-order valence-corrected chi connectivity index (χ1v) is 10.4. The Hall–Kier alpha value is -1.94. The lowest BCUT2D eigenvalue weighted by Crippen LogP contribution is -2.37. The van der Waals surface area contributed by atoms with Gasteiger partial charge in [0.15, 0.2) is 0 Å². The van der Waals surface area contributed by atoms with Gasteiger partial charge in [-0.1, -0.05) is 30.7 Å². The molecule has 0 spiro atoms. The Balaban J connectivity index is 1.80. The Morgan fingerprint density at radius 2 is 1.85 bits per heavy atom. The highest BCUT2D eigenvalue weighted by atomic mass is 35.5. The van der Waals surface area contributed by atoms with Gasteiger partial charge in [-0.05, 0) is 49.8 Å². The highest BCUT2D eigenvalue weighted by Gasteiger charge is 2.24. The molecule has 1 heterocycles. The Morgan fingerprint density at radius 1 is 1.19 bits per heavy atom. The number of benzene rings is 1. The largest absolute Gasteiger partial charge is 0.253 e. The van der Waals surface area contributed by atoms with E-state index < -0.39 is 10.0 Å². The van der Waals surface area contributed by atoms with Crippen molar-refractivity contribution in [1.29, 1.82) is 5.26 Å². The van der Waals surface area contributed by atoms with Gasteiger partial charge >= 0.3 is 0 Å². The third kappa shape index (κ3) is 4.24. The van der Waals surface area contributed by atoms with E-state index in [0.717, 1.165) is 25.7 Å². The van der Waals surface area contributed by atoms with E-state index in [-0.39, 0.29) is 10.9 Å². The predicted octanol–water partition coefficient (Wildman–Crippen LogP) is 4.13. The van der Waals surface area contributed by atoms with Crippen molar-refractivity contribution in [3.63, 3.8) is 0 Å². The molecule has 1 aromatic carbocycles. The first-order chi connectivity index (χ1) is 12.4. The van der Waals surface area contributed by atoms with Crippen LogP contribution in [0.3, 0.4) is 0 Å². The maximum atomic E-state index is 12.6. The topological polar surface area (TPSA) is 82.8 Å². The maximum absolute atomic E-state index is 12.6. The van der Waals surface area contributed by atoms with Crippen LogP contribution in [0.5, 0.6) is 0 Å². The third-order valence-electron chi connectivity index (χ3n) is 4.75. The Labute approximate surface area is 159 Å². The SMILES string of the molecule is CC1CCC(NS(=O)(=O)c2ccc(-c3ncc(Cl)cc3C#N)cc2)CC1. The minimum atomic E-state index is -3.56. The summed E-state index contributed by atoms with van der Waals surface area (Å²) in [6, 6.07) is 10.0. The van der Waals surface area contributed by atoms with E-state index >= 15 is 0 Å². The van der Waals surface area contributed by atoms with E-state index in [2.05, 4.69) is 22.7 Å². The van der Waals surface area contributed by atoms with Gasteiger partial charge in [-0.25, -0.2) is 13.1 Å². The summed E-state index contributed by atoms with van der Waals surface area (Å²) < 4.78 is 28.0. The van der Waals surface area contributed by atoms with Crippen molar-refractivity contribution < 1.29 is 8.42 Å². The lowest BCUT2D eigenvalue weighted by atomic mass is 9.88. The zero-order valence-corrected chi connectivity index (χ0v) is 16.0. The first-order valence-electron chi connectivity index (χ1n) is 8.57. The summed E-state index contributed by atoms with van der Waals surface area (Å²) in [5.41, 5.74) is 1.50. The molecule has 0 atom stereocenters. The lowest BCUT2D eigenvalue weighted by Gasteiger charge is -2.26. The normalized spacial score (nSPS) is 20.5. The first kappa shape index (κ1) is 18.8. The number of halogens is 1. The second-order valence-corrected chi connectivity index (χ2v) is 8.91. The molecule has 5 nitrogen and oxygen atoms in total. The molecule has 1 N–H and O–H groups in total. The van der Waals surface area contributed by atoms with Crippen LogP contribution >= 0.6 is 11.6 Å². The molecule has 0 amide bonds. The smallest absolute Gasteiger partial charge is 0.240 e. The molecule has 3 rings (SSSR count). The summed E-state index contributed by atoms with van der Waals surface area (Å²) in [4.78, 5) is 4.41. The van der Waals surface area contributed by atoms with Gasteiger partial charge in [0.2, 0.25) is 10.0 Å². The number of aromatic nitrogens is 1. The Morgan fingerprint density at radius 3 is 2.46 bits per heavy atom. The van der Waals surface area contributed by atoms with Gasteiger partial charge in [0.05, 0.1) is 21.2 Å². The summed E-state index contributed by atoms with van der Waals surface area (Å²) in [7, 11) is -3.56. The number of nitrogens with zero attached hydrogens (tertiary/aromatic N) is 2.